The Balaban J connectivity index is 3.70. The Morgan fingerprint density at radius 3 is 1.73 bits per heavy atom. The second kappa shape index (κ2) is 4.00. The Morgan fingerprint density at radius 1 is 1.00 bits per heavy atom. The zero-order chi connectivity index (χ0) is 9.12. The van der Waals surface area contributed by atoms with Crippen molar-refractivity contribution in [1.82, 2.24) is 0 Å². The van der Waals surface area contributed by atoms with E-state index in [-0.39, 0.29) is 9.75 Å². The Morgan fingerprint density at radius 2 is 1.45 bits per heavy atom. The summed E-state index contributed by atoms with van der Waals surface area (Å²) in [6, 6.07) is 0. The second-order valence-electron chi connectivity index (χ2n) is 3.99. The van der Waals surface area contributed by atoms with Crippen LogP contribution < -0.4 is 0 Å². The molecule has 0 aliphatic carbocycles. The van der Waals surface area contributed by atoms with E-state index in [2.05, 4.69) is 13.8 Å². The third-order valence-corrected chi connectivity index (χ3v) is 2.62. The maximum atomic E-state index is 6.17. The van der Waals surface area contributed by atoms with Gasteiger partial charge in [0.05, 0.1) is 0 Å². The summed E-state index contributed by atoms with van der Waals surface area (Å²) in [4.78, 5) is -0.169. The van der Waals surface area contributed by atoms with Crippen molar-refractivity contribution >= 4 is 23.2 Å². The molecule has 0 heterocycles. The lowest BCUT2D eigenvalue weighted by Gasteiger charge is -2.24. The van der Waals surface area contributed by atoms with Crippen LogP contribution in [0.25, 0.3) is 0 Å². The minimum absolute atomic E-state index is 0.0633. The van der Waals surface area contributed by atoms with E-state index in [0.717, 1.165) is 19.3 Å². The van der Waals surface area contributed by atoms with Crippen molar-refractivity contribution in [2.24, 2.45) is 0 Å². The average molecular weight is 197 g/mol. The van der Waals surface area contributed by atoms with Gasteiger partial charge in [0.25, 0.3) is 0 Å². The molecule has 0 fully saturated rings. The lowest BCUT2D eigenvalue weighted by molar-refractivity contribution is 0.485. The fourth-order valence-electron chi connectivity index (χ4n) is 0.735. The van der Waals surface area contributed by atoms with Crippen LogP contribution in [0.5, 0.6) is 0 Å². The molecule has 0 aliphatic heterocycles. The van der Waals surface area contributed by atoms with Gasteiger partial charge in [-0.1, -0.05) is 6.92 Å². The fraction of sp³-hybridized carbons (Fsp3) is 1.00. The lowest BCUT2D eigenvalue weighted by atomic mass is 9.96. The van der Waals surface area contributed by atoms with Crippen LogP contribution in [0.15, 0.2) is 0 Å². The van der Waals surface area contributed by atoms with Crippen LogP contribution >= 0.6 is 23.2 Å². The maximum Gasteiger partial charge on any atom is 0.0416 e. The first-order valence-corrected chi connectivity index (χ1v) is 4.90. The second-order valence-corrected chi connectivity index (χ2v) is 5.92. The summed E-state index contributed by atoms with van der Waals surface area (Å²) in [6.07, 6.45) is 2.96. The number of alkyl halides is 2. The minimum Gasteiger partial charge on any atom is -0.120 e. The van der Waals surface area contributed by atoms with Gasteiger partial charge in [-0.3, -0.25) is 0 Å². The molecule has 0 amide bonds. The molecule has 0 aromatic carbocycles. The van der Waals surface area contributed by atoms with Gasteiger partial charge in [0.15, 0.2) is 0 Å². The highest BCUT2D eigenvalue weighted by Crippen LogP contribution is 2.30. The third kappa shape index (κ3) is 6.96. The molecular formula is C9H18Cl2. The van der Waals surface area contributed by atoms with Crippen LogP contribution in [0.2, 0.25) is 0 Å². The van der Waals surface area contributed by atoms with Gasteiger partial charge in [-0.15, -0.1) is 23.2 Å². The zero-order valence-electron chi connectivity index (χ0n) is 7.88. The summed E-state index contributed by atoms with van der Waals surface area (Å²) in [5.41, 5.74) is 0. The average Bonchev–Trinajstić information content (AvgIpc) is 1.83. The fourth-order valence-corrected chi connectivity index (χ4v) is 0.924. The molecule has 0 aromatic rings. The van der Waals surface area contributed by atoms with Crippen LogP contribution in [0.4, 0.5) is 0 Å². The van der Waals surface area contributed by atoms with Crippen LogP contribution in [0, 0.1) is 0 Å². The van der Waals surface area contributed by atoms with Gasteiger partial charge in [0.2, 0.25) is 0 Å². The van der Waals surface area contributed by atoms with E-state index in [9.17, 15) is 0 Å². The van der Waals surface area contributed by atoms with E-state index in [1.165, 1.54) is 0 Å². The molecule has 0 aromatic heterocycles. The Hall–Kier alpha value is 0.580. The first-order chi connectivity index (χ1) is 4.77. The first kappa shape index (κ1) is 11.6. The summed E-state index contributed by atoms with van der Waals surface area (Å²) in [5, 5.41) is 0. The van der Waals surface area contributed by atoms with Crippen molar-refractivity contribution in [2.45, 2.75) is 56.7 Å². The van der Waals surface area contributed by atoms with Gasteiger partial charge in [0.1, 0.15) is 0 Å². The molecule has 0 aliphatic rings. The molecule has 1 atom stereocenters. The normalized spacial score (nSPS) is 18.0. The summed E-state index contributed by atoms with van der Waals surface area (Å²) in [7, 11) is 0. The van der Waals surface area contributed by atoms with Crippen molar-refractivity contribution in [3.8, 4) is 0 Å². The van der Waals surface area contributed by atoms with E-state index >= 15 is 0 Å². The molecule has 0 saturated heterocycles. The zero-order valence-corrected chi connectivity index (χ0v) is 9.39. The smallest absolute Gasteiger partial charge is 0.0416 e. The molecule has 0 spiro atoms. The van der Waals surface area contributed by atoms with Gasteiger partial charge in [0, 0.05) is 9.75 Å². The van der Waals surface area contributed by atoms with Gasteiger partial charge in [-0.25, -0.2) is 0 Å². The predicted molar refractivity (Wildman–Crippen MR) is 53.7 cm³/mol. The van der Waals surface area contributed by atoms with Crippen LogP contribution in [0.3, 0.4) is 0 Å². The molecule has 0 rings (SSSR count). The number of halogens is 2. The highest BCUT2D eigenvalue weighted by atomic mass is 35.5. The third-order valence-electron chi connectivity index (χ3n) is 1.98. The van der Waals surface area contributed by atoms with E-state index in [1.807, 2.05) is 13.8 Å². The van der Waals surface area contributed by atoms with Crippen molar-refractivity contribution in [3.05, 3.63) is 0 Å². The van der Waals surface area contributed by atoms with Crippen molar-refractivity contribution < 1.29 is 0 Å². The van der Waals surface area contributed by atoms with Crippen molar-refractivity contribution in [2.75, 3.05) is 0 Å². The maximum absolute atomic E-state index is 6.17. The first-order valence-electron chi connectivity index (χ1n) is 4.15. The van der Waals surface area contributed by atoms with Gasteiger partial charge < -0.3 is 0 Å². The van der Waals surface area contributed by atoms with Gasteiger partial charge in [-0.05, 0) is 40.0 Å². The number of hydrogen-bond donors (Lipinski definition) is 0. The van der Waals surface area contributed by atoms with Crippen LogP contribution in [-0.2, 0) is 0 Å². The molecule has 11 heavy (non-hydrogen) atoms. The quantitative estimate of drug-likeness (QED) is 0.592. The molecule has 0 saturated carbocycles. The highest BCUT2D eigenvalue weighted by Gasteiger charge is 2.22. The lowest BCUT2D eigenvalue weighted by Crippen LogP contribution is -2.20. The Kier molecular flexibility index (Phi) is 4.21. The van der Waals surface area contributed by atoms with Crippen LogP contribution in [-0.4, -0.2) is 9.75 Å². The summed E-state index contributed by atoms with van der Waals surface area (Å²) in [6.45, 7) is 8.22. The van der Waals surface area contributed by atoms with E-state index < -0.39 is 0 Å². The standard InChI is InChI=1S/C9H18Cl2/c1-5-9(4,11)7-6-8(2,3)10/h5-7H2,1-4H3. The highest BCUT2D eigenvalue weighted by molar-refractivity contribution is 6.24. The molecule has 0 N–H and O–H groups in total. The molecular weight excluding hydrogens is 179 g/mol. The molecule has 0 radical (unpaired) electrons. The molecule has 0 bridgehead atoms. The molecule has 68 valence electrons. The monoisotopic (exact) mass is 196 g/mol. The minimum atomic E-state index is -0.106. The van der Waals surface area contributed by atoms with E-state index in [0.29, 0.717) is 0 Å². The van der Waals surface area contributed by atoms with E-state index in [4.69, 9.17) is 23.2 Å². The van der Waals surface area contributed by atoms with Gasteiger partial charge in [-0.2, -0.15) is 0 Å². The SMILES string of the molecule is CCC(C)(Cl)CCC(C)(C)Cl. The Bertz CT molecular complexity index is 111. The van der Waals surface area contributed by atoms with Gasteiger partial charge >= 0.3 is 0 Å². The van der Waals surface area contributed by atoms with Crippen LogP contribution in [0.1, 0.15) is 47.0 Å². The molecule has 1 unspecified atom stereocenters. The largest absolute Gasteiger partial charge is 0.120 e. The topological polar surface area (TPSA) is 0 Å². The number of hydrogen-bond acceptors (Lipinski definition) is 0. The summed E-state index contributed by atoms with van der Waals surface area (Å²) < 4.78 is 0. The number of rotatable bonds is 4. The predicted octanol–water partition coefficient (Wildman–Crippen LogP) is 4.19. The Labute approximate surface area is 80.3 Å². The van der Waals surface area contributed by atoms with Crippen molar-refractivity contribution in [3.63, 3.8) is 0 Å². The summed E-state index contributed by atoms with van der Waals surface area (Å²) >= 11 is 12.2. The summed E-state index contributed by atoms with van der Waals surface area (Å²) in [5.74, 6) is 0. The molecule has 2 heteroatoms. The molecule has 0 nitrogen and oxygen atoms in total. The van der Waals surface area contributed by atoms with Crippen molar-refractivity contribution in [1.29, 1.82) is 0 Å². The van der Waals surface area contributed by atoms with E-state index in [1.54, 1.807) is 0 Å².